The van der Waals surface area contributed by atoms with Gasteiger partial charge in [-0.1, -0.05) is 0 Å². The Labute approximate surface area is 98.4 Å². The number of amides is 1. The molecule has 0 saturated carbocycles. The minimum atomic E-state index is -0.273. The summed E-state index contributed by atoms with van der Waals surface area (Å²) in [7, 11) is 0. The Morgan fingerprint density at radius 3 is 2.76 bits per heavy atom. The second-order valence-electron chi connectivity index (χ2n) is 3.91. The SMILES string of the molecule is Cc1cnc(C(C)NC(=O)c2cn[nH]c2C)o1. The van der Waals surface area contributed by atoms with Gasteiger partial charge in [0.05, 0.1) is 18.0 Å². The Bertz CT molecular complexity index is 529. The molecule has 17 heavy (non-hydrogen) atoms. The fourth-order valence-corrected chi connectivity index (χ4v) is 1.49. The van der Waals surface area contributed by atoms with Crippen molar-refractivity contribution >= 4 is 5.91 Å². The van der Waals surface area contributed by atoms with Gasteiger partial charge in [-0.15, -0.1) is 0 Å². The minimum Gasteiger partial charge on any atom is -0.444 e. The van der Waals surface area contributed by atoms with Crippen LogP contribution in [0.2, 0.25) is 0 Å². The summed E-state index contributed by atoms with van der Waals surface area (Å²) in [6.45, 7) is 5.42. The van der Waals surface area contributed by atoms with Gasteiger partial charge in [0, 0.05) is 5.69 Å². The summed E-state index contributed by atoms with van der Waals surface area (Å²) < 4.78 is 5.34. The summed E-state index contributed by atoms with van der Waals surface area (Å²) in [5.41, 5.74) is 1.26. The molecule has 0 aromatic carbocycles. The number of carbonyl (C=O) groups excluding carboxylic acids is 1. The van der Waals surface area contributed by atoms with Gasteiger partial charge in [0.2, 0.25) is 5.89 Å². The molecular weight excluding hydrogens is 220 g/mol. The highest BCUT2D eigenvalue weighted by Crippen LogP contribution is 2.13. The summed E-state index contributed by atoms with van der Waals surface area (Å²) >= 11 is 0. The molecule has 0 fully saturated rings. The lowest BCUT2D eigenvalue weighted by molar-refractivity contribution is 0.0933. The van der Waals surface area contributed by atoms with E-state index in [2.05, 4.69) is 20.5 Å². The van der Waals surface area contributed by atoms with Crippen LogP contribution in [0.15, 0.2) is 16.8 Å². The van der Waals surface area contributed by atoms with Gasteiger partial charge in [-0.25, -0.2) is 4.98 Å². The van der Waals surface area contributed by atoms with Crippen molar-refractivity contribution in [2.75, 3.05) is 0 Å². The molecular formula is C11H14N4O2. The Balaban J connectivity index is 2.07. The van der Waals surface area contributed by atoms with Crippen LogP contribution in [0.25, 0.3) is 0 Å². The van der Waals surface area contributed by atoms with Crippen LogP contribution >= 0.6 is 0 Å². The molecule has 2 N–H and O–H groups in total. The van der Waals surface area contributed by atoms with E-state index in [-0.39, 0.29) is 11.9 Å². The molecule has 2 aromatic rings. The zero-order chi connectivity index (χ0) is 12.4. The van der Waals surface area contributed by atoms with Gasteiger partial charge in [-0.05, 0) is 20.8 Å². The van der Waals surface area contributed by atoms with Crippen LogP contribution in [0.3, 0.4) is 0 Å². The van der Waals surface area contributed by atoms with Gasteiger partial charge >= 0.3 is 0 Å². The summed E-state index contributed by atoms with van der Waals surface area (Å²) in [6.07, 6.45) is 3.12. The van der Waals surface area contributed by atoms with Crippen molar-refractivity contribution in [3.8, 4) is 0 Å². The third-order valence-electron chi connectivity index (χ3n) is 2.43. The van der Waals surface area contributed by atoms with Crippen molar-refractivity contribution in [3.05, 3.63) is 35.3 Å². The third kappa shape index (κ3) is 2.35. The zero-order valence-electron chi connectivity index (χ0n) is 9.94. The lowest BCUT2D eigenvalue weighted by Gasteiger charge is -2.09. The highest BCUT2D eigenvalue weighted by atomic mass is 16.4. The first kappa shape index (κ1) is 11.4. The quantitative estimate of drug-likeness (QED) is 0.843. The van der Waals surface area contributed by atoms with Gasteiger partial charge in [0.25, 0.3) is 5.91 Å². The van der Waals surface area contributed by atoms with E-state index < -0.39 is 0 Å². The van der Waals surface area contributed by atoms with Crippen LogP contribution in [-0.4, -0.2) is 21.1 Å². The standard InChI is InChI=1S/C11H14N4O2/c1-6-4-12-11(17-6)8(3)14-10(16)9-5-13-15-7(9)2/h4-5,8H,1-3H3,(H,13,15)(H,14,16). The maximum absolute atomic E-state index is 11.9. The molecule has 0 aliphatic heterocycles. The molecule has 2 rings (SSSR count). The average Bonchev–Trinajstić information content (AvgIpc) is 2.86. The number of H-pyrrole nitrogens is 1. The summed E-state index contributed by atoms with van der Waals surface area (Å²) in [6, 6.07) is -0.273. The van der Waals surface area contributed by atoms with E-state index in [0.29, 0.717) is 11.5 Å². The number of nitrogens with one attached hydrogen (secondary N) is 2. The lowest BCUT2D eigenvalue weighted by atomic mass is 10.2. The molecule has 1 atom stereocenters. The molecule has 0 aliphatic rings. The van der Waals surface area contributed by atoms with Crippen molar-refractivity contribution < 1.29 is 9.21 Å². The lowest BCUT2D eigenvalue weighted by Crippen LogP contribution is -2.27. The Morgan fingerprint density at radius 1 is 1.47 bits per heavy atom. The van der Waals surface area contributed by atoms with Gasteiger partial charge in [-0.3, -0.25) is 9.89 Å². The molecule has 0 spiro atoms. The average molecular weight is 234 g/mol. The van der Waals surface area contributed by atoms with Crippen LogP contribution in [0.4, 0.5) is 0 Å². The molecule has 6 nitrogen and oxygen atoms in total. The first-order valence-corrected chi connectivity index (χ1v) is 5.31. The Hall–Kier alpha value is -2.11. The second-order valence-corrected chi connectivity index (χ2v) is 3.91. The number of aryl methyl sites for hydroxylation is 2. The van der Waals surface area contributed by atoms with Crippen LogP contribution < -0.4 is 5.32 Å². The Morgan fingerprint density at radius 2 is 2.24 bits per heavy atom. The summed E-state index contributed by atoms with van der Waals surface area (Å²) in [5, 5.41) is 9.32. The molecule has 0 radical (unpaired) electrons. The largest absolute Gasteiger partial charge is 0.444 e. The molecule has 6 heteroatoms. The summed E-state index contributed by atoms with van der Waals surface area (Å²) in [4.78, 5) is 15.9. The maximum atomic E-state index is 11.9. The Kier molecular flexibility index (Phi) is 2.95. The maximum Gasteiger partial charge on any atom is 0.255 e. The van der Waals surface area contributed by atoms with Crippen LogP contribution in [-0.2, 0) is 0 Å². The van der Waals surface area contributed by atoms with E-state index in [1.165, 1.54) is 6.20 Å². The monoisotopic (exact) mass is 234 g/mol. The number of hydrogen-bond donors (Lipinski definition) is 2. The number of oxazole rings is 1. The van der Waals surface area contributed by atoms with Crippen molar-refractivity contribution in [1.82, 2.24) is 20.5 Å². The smallest absolute Gasteiger partial charge is 0.255 e. The fourth-order valence-electron chi connectivity index (χ4n) is 1.49. The van der Waals surface area contributed by atoms with Gasteiger partial charge in [0.1, 0.15) is 11.8 Å². The van der Waals surface area contributed by atoms with E-state index in [1.54, 1.807) is 13.1 Å². The highest BCUT2D eigenvalue weighted by Gasteiger charge is 2.17. The molecule has 2 heterocycles. The van der Waals surface area contributed by atoms with Crippen LogP contribution in [0, 0.1) is 13.8 Å². The van der Waals surface area contributed by atoms with Crippen molar-refractivity contribution in [2.24, 2.45) is 0 Å². The van der Waals surface area contributed by atoms with E-state index in [1.807, 2.05) is 13.8 Å². The number of aromatic amines is 1. The van der Waals surface area contributed by atoms with Gasteiger partial charge < -0.3 is 9.73 Å². The highest BCUT2D eigenvalue weighted by molar-refractivity contribution is 5.95. The first-order chi connectivity index (χ1) is 8.08. The second kappa shape index (κ2) is 4.40. The zero-order valence-corrected chi connectivity index (χ0v) is 9.94. The molecule has 0 aliphatic carbocycles. The molecule has 90 valence electrons. The molecule has 1 unspecified atom stereocenters. The van der Waals surface area contributed by atoms with Crippen LogP contribution in [0.5, 0.6) is 0 Å². The van der Waals surface area contributed by atoms with Gasteiger partial charge in [0.15, 0.2) is 0 Å². The van der Waals surface area contributed by atoms with E-state index in [4.69, 9.17) is 4.42 Å². The normalized spacial score (nSPS) is 12.4. The number of carbonyl (C=O) groups is 1. The predicted octanol–water partition coefficient (Wildman–Crippen LogP) is 1.51. The minimum absolute atomic E-state index is 0.195. The molecule has 2 aromatic heterocycles. The fraction of sp³-hybridized carbons (Fsp3) is 0.364. The van der Waals surface area contributed by atoms with E-state index >= 15 is 0 Å². The third-order valence-corrected chi connectivity index (χ3v) is 2.43. The number of rotatable bonds is 3. The van der Waals surface area contributed by atoms with Crippen LogP contribution in [0.1, 0.15) is 40.7 Å². The van der Waals surface area contributed by atoms with Crippen molar-refractivity contribution in [3.63, 3.8) is 0 Å². The van der Waals surface area contributed by atoms with Crippen molar-refractivity contribution in [2.45, 2.75) is 26.8 Å². The molecule has 0 saturated heterocycles. The first-order valence-electron chi connectivity index (χ1n) is 5.31. The van der Waals surface area contributed by atoms with Crippen molar-refractivity contribution in [1.29, 1.82) is 0 Å². The number of aromatic nitrogens is 3. The number of hydrogen-bond acceptors (Lipinski definition) is 4. The van der Waals surface area contributed by atoms with Gasteiger partial charge in [-0.2, -0.15) is 5.10 Å². The van der Waals surface area contributed by atoms with E-state index in [9.17, 15) is 4.79 Å². The topological polar surface area (TPSA) is 83.8 Å². The predicted molar refractivity (Wildman–Crippen MR) is 60.4 cm³/mol. The summed E-state index contributed by atoms with van der Waals surface area (Å²) in [5.74, 6) is 1.03. The van der Waals surface area contributed by atoms with E-state index in [0.717, 1.165) is 11.5 Å². The molecule has 1 amide bonds. The number of nitrogens with zero attached hydrogens (tertiary/aromatic N) is 2. The molecule has 0 bridgehead atoms.